The summed E-state index contributed by atoms with van der Waals surface area (Å²) >= 11 is 1.47. The van der Waals surface area contributed by atoms with Crippen molar-refractivity contribution in [2.45, 2.75) is 33.6 Å². The first kappa shape index (κ1) is 26.3. The zero-order valence-electron chi connectivity index (χ0n) is 17.8. The van der Waals surface area contributed by atoms with Crippen molar-refractivity contribution in [3.63, 3.8) is 0 Å². The number of sulfonamides is 1. The van der Waals surface area contributed by atoms with Crippen molar-refractivity contribution in [3.8, 4) is 0 Å². The second-order valence-corrected chi connectivity index (χ2v) is 9.38. The normalized spacial score (nSPS) is 15.6. The molecule has 9 nitrogen and oxygen atoms in total. The number of piperazine rings is 1. The number of hydrogen-bond acceptors (Lipinski definition) is 7. The second-order valence-electron chi connectivity index (χ2n) is 6.66. The van der Waals surface area contributed by atoms with Crippen LogP contribution >= 0.6 is 35.5 Å². The van der Waals surface area contributed by atoms with Gasteiger partial charge >= 0.3 is 0 Å². The molecule has 0 bridgehead atoms. The van der Waals surface area contributed by atoms with Crippen molar-refractivity contribution in [1.82, 2.24) is 23.9 Å². The fourth-order valence-electron chi connectivity index (χ4n) is 3.04. The van der Waals surface area contributed by atoms with Crippen LogP contribution in [0.3, 0.4) is 0 Å². The summed E-state index contributed by atoms with van der Waals surface area (Å²) in [5.41, 5.74) is 0. The number of aliphatic imine (C=N–C) groups is 1. The minimum absolute atomic E-state index is 0. The summed E-state index contributed by atoms with van der Waals surface area (Å²) in [5, 5.41) is 4.35. The van der Waals surface area contributed by atoms with Crippen LogP contribution in [-0.4, -0.2) is 91.6 Å². The maximum Gasteiger partial charge on any atom is 0.211 e. The molecule has 1 aromatic rings. The molecule has 2 rings (SSSR count). The van der Waals surface area contributed by atoms with Gasteiger partial charge in [-0.05, 0) is 13.3 Å². The number of guanidine groups is 1. The van der Waals surface area contributed by atoms with Gasteiger partial charge in [0, 0.05) is 70.3 Å². The SMILES string of the molecule is CCNC(=NCCCN(CC)S(C)(=O)=O)N1CCN(c2nc(CC)ns2)CC1.I. The Labute approximate surface area is 196 Å². The van der Waals surface area contributed by atoms with E-state index in [-0.39, 0.29) is 24.0 Å². The molecule has 1 saturated heterocycles. The van der Waals surface area contributed by atoms with Gasteiger partial charge < -0.3 is 15.1 Å². The number of anilines is 1. The summed E-state index contributed by atoms with van der Waals surface area (Å²) in [6, 6.07) is 0. The van der Waals surface area contributed by atoms with E-state index in [0.29, 0.717) is 26.1 Å². The molecule has 1 fully saturated rings. The van der Waals surface area contributed by atoms with Gasteiger partial charge in [0.25, 0.3) is 0 Å². The topological polar surface area (TPSA) is 94.0 Å². The third-order valence-electron chi connectivity index (χ3n) is 4.61. The Morgan fingerprint density at radius 3 is 2.45 bits per heavy atom. The summed E-state index contributed by atoms with van der Waals surface area (Å²) in [6.45, 7) is 11.9. The molecule has 0 aliphatic carbocycles. The minimum atomic E-state index is -3.14. The molecule has 0 unspecified atom stereocenters. The van der Waals surface area contributed by atoms with Crippen LogP contribution in [0.2, 0.25) is 0 Å². The van der Waals surface area contributed by atoms with Crippen LogP contribution in [0, 0.1) is 0 Å². The summed E-state index contributed by atoms with van der Waals surface area (Å²) < 4.78 is 29.2. The van der Waals surface area contributed by atoms with Crippen LogP contribution in [0.5, 0.6) is 0 Å². The highest BCUT2D eigenvalue weighted by Gasteiger charge is 2.22. The third-order valence-corrected chi connectivity index (χ3v) is 6.80. The number of rotatable bonds is 9. The van der Waals surface area contributed by atoms with Gasteiger partial charge in [-0.2, -0.15) is 4.37 Å². The Bertz CT molecular complexity index is 734. The Kier molecular flexibility index (Phi) is 11.7. The van der Waals surface area contributed by atoms with Crippen LogP contribution in [0.15, 0.2) is 4.99 Å². The fraction of sp³-hybridized carbons (Fsp3) is 0.824. The number of halogens is 1. The van der Waals surface area contributed by atoms with E-state index in [9.17, 15) is 8.42 Å². The van der Waals surface area contributed by atoms with E-state index in [0.717, 1.165) is 56.1 Å². The molecule has 0 atom stereocenters. The van der Waals surface area contributed by atoms with Gasteiger partial charge in [0.1, 0.15) is 5.82 Å². The molecule has 2 heterocycles. The summed E-state index contributed by atoms with van der Waals surface area (Å²) in [7, 11) is -3.14. The van der Waals surface area contributed by atoms with E-state index in [1.807, 2.05) is 6.92 Å². The number of hydrogen-bond donors (Lipinski definition) is 1. The van der Waals surface area contributed by atoms with Gasteiger partial charge in [0.15, 0.2) is 5.96 Å². The molecule has 0 spiro atoms. The zero-order valence-corrected chi connectivity index (χ0v) is 21.8. The lowest BCUT2D eigenvalue weighted by Crippen LogP contribution is -2.52. The fourth-order valence-corrected chi connectivity index (χ4v) is 4.77. The van der Waals surface area contributed by atoms with Crippen molar-refractivity contribution in [3.05, 3.63) is 5.82 Å². The van der Waals surface area contributed by atoms with Gasteiger partial charge in [-0.15, -0.1) is 24.0 Å². The highest BCUT2D eigenvalue weighted by Crippen LogP contribution is 2.19. The number of aromatic nitrogens is 2. The molecule has 0 radical (unpaired) electrons. The Hall–Kier alpha value is -0.730. The second kappa shape index (κ2) is 12.8. The van der Waals surface area contributed by atoms with E-state index >= 15 is 0 Å². The Morgan fingerprint density at radius 2 is 1.93 bits per heavy atom. The molecule has 1 N–H and O–H groups in total. The van der Waals surface area contributed by atoms with Crippen LogP contribution < -0.4 is 10.2 Å². The summed E-state index contributed by atoms with van der Waals surface area (Å²) in [5.74, 6) is 1.81. The molecule has 0 amide bonds. The average Bonchev–Trinajstić information content (AvgIpc) is 3.15. The highest BCUT2D eigenvalue weighted by atomic mass is 127. The third kappa shape index (κ3) is 8.13. The van der Waals surface area contributed by atoms with Gasteiger partial charge in [-0.25, -0.2) is 17.7 Å². The van der Waals surface area contributed by atoms with Crippen LogP contribution in [-0.2, 0) is 16.4 Å². The van der Waals surface area contributed by atoms with E-state index in [4.69, 9.17) is 4.99 Å². The standard InChI is InChI=1S/C17H33N7O2S2.HI/c1-5-15-20-17(27-21-15)23-13-11-22(12-14-23)16(18-6-2)19-9-8-10-24(7-3)28(4,25)26;/h5-14H2,1-4H3,(H,18,19);1H. The quantitative estimate of drug-likeness (QED) is 0.212. The van der Waals surface area contributed by atoms with E-state index in [1.54, 1.807) is 0 Å². The lowest BCUT2D eigenvalue weighted by molar-refractivity contribution is 0.371. The van der Waals surface area contributed by atoms with Gasteiger partial charge in [-0.3, -0.25) is 4.99 Å². The minimum Gasteiger partial charge on any atom is -0.357 e. The maximum absolute atomic E-state index is 11.7. The lowest BCUT2D eigenvalue weighted by atomic mass is 10.3. The van der Waals surface area contributed by atoms with Gasteiger partial charge in [0.2, 0.25) is 15.2 Å². The maximum atomic E-state index is 11.7. The average molecular weight is 560 g/mol. The van der Waals surface area contributed by atoms with Crippen molar-refractivity contribution in [1.29, 1.82) is 0 Å². The molecule has 0 aromatic carbocycles. The largest absolute Gasteiger partial charge is 0.357 e. The van der Waals surface area contributed by atoms with E-state index in [1.165, 1.54) is 22.1 Å². The van der Waals surface area contributed by atoms with E-state index < -0.39 is 10.0 Å². The predicted octanol–water partition coefficient (Wildman–Crippen LogP) is 1.48. The summed E-state index contributed by atoms with van der Waals surface area (Å²) in [4.78, 5) is 13.8. The van der Waals surface area contributed by atoms with Crippen LogP contribution in [0.4, 0.5) is 5.13 Å². The number of aryl methyl sites for hydroxylation is 1. The van der Waals surface area contributed by atoms with Gasteiger partial charge in [-0.1, -0.05) is 13.8 Å². The smallest absolute Gasteiger partial charge is 0.211 e. The van der Waals surface area contributed by atoms with Gasteiger partial charge in [0.05, 0.1) is 6.26 Å². The molecule has 1 aromatic heterocycles. The van der Waals surface area contributed by atoms with Crippen LogP contribution in [0.1, 0.15) is 33.0 Å². The predicted molar refractivity (Wildman–Crippen MR) is 131 cm³/mol. The Morgan fingerprint density at radius 1 is 1.24 bits per heavy atom. The lowest BCUT2D eigenvalue weighted by Gasteiger charge is -2.36. The number of nitrogens with zero attached hydrogens (tertiary/aromatic N) is 6. The van der Waals surface area contributed by atoms with Crippen LogP contribution in [0.25, 0.3) is 0 Å². The van der Waals surface area contributed by atoms with Crippen molar-refractivity contribution >= 4 is 56.6 Å². The van der Waals surface area contributed by atoms with Crippen molar-refractivity contribution in [2.24, 2.45) is 4.99 Å². The Balaban J connectivity index is 0.00000420. The first-order valence-electron chi connectivity index (χ1n) is 9.94. The molecule has 168 valence electrons. The van der Waals surface area contributed by atoms with E-state index in [2.05, 4.69) is 38.3 Å². The first-order valence-corrected chi connectivity index (χ1v) is 12.6. The molecule has 1 aliphatic heterocycles. The summed E-state index contributed by atoms with van der Waals surface area (Å²) in [6.07, 6.45) is 2.83. The molecular weight excluding hydrogens is 525 g/mol. The molecule has 1 aliphatic rings. The molecule has 0 saturated carbocycles. The molecule has 29 heavy (non-hydrogen) atoms. The molecule has 12 heteroatoms. The number of nitrogens with one attached hydrogen (secondary N) is 1. The highest BCUT2D eigenvalue weighted by molar-refractivity contribution is 14.0. The monoisotopic (exact) mass is 559 g/mol. The zero-order chi connectivity index (χ0) is 20.6. The van der Waals surface area contributed by atoms with Crippen molar-refractivity contribution in [2.75, 3.05) is 63.5 Å². The van der Waals surface area contributed by atoms with Crippen molar-refractivity contribution < 1.29 is 8.42 Å². The first-order chi connectivity index (χ1) is 13.4. The molecular formula is C17H34IN7O2S2.